The van der Waals surface area contributed by atoms with Crippen LogP contribution >= 0.6 is 0 Å². The van der Waals surface area contributed by atoms with Gasteiger partial charge in [0.15, 0.2) is 0 Å². The van der Waals surface area contributed by atoms with Gasteiger partial charge in [-0.2, -0.15) is 0 Å². The predicted molar refractivity (Wildman–Crippen MR) is 86.3 cm³/mol. The van der Waals surface area contributed by atoms with E-state index in [0.717, 1.165) is 12.8 Å². The number of benzene rings is 2. The molecule has 2 rings (SSSR count). The lowest BCUT2D eigenvalue weighted by Gasteiger charge is -2.15. The molecule has 4 heteroatoms. The first-order valence-corrected chi connectivity index (χ1v) is 7.36. The molecule has 0 spiro atoms. The van der Waals surface area contributed by atoms with Gasteiger partial charge >= 0.3 is 0 Å². The van der Waals surface area contributed by atoms with Crippen molar-refractivity contribution in [2.45, 2.75) is 25.3 Å². The van der Waals surface area contributed by atoms with E-state index in [4.69, 9.17) is 5.73 Å². The molecule has 2 amide bonds. The SMILES string of the molecule is NC(=O)[C@H](CCCc1ccccc1)NC(=O)c1ccccc1. The third-order valence-electron chi connectivity index (χ3n) is 3.49. The van der Waals surface area contributed by atoms with Crippen LogP contribution in [0, 0.1) is 0 Å². The normalized spacial score (nSPS) is 11.6. The van der Waals surface area contributed by atoms with E-state index in [9.17, 15) is 9.59 Å². The average Bonchev–Trinajstić information content (AvgIpc) is 2.55. The van der Waals surface area contributed by atoms with Gasteiger partial charge in [0.2, 0.25) is 5.91 Å². The van der Waals surface area contributed by atoms with Crippen molar-refractivity contribution in [1.82, 2.24) is 5.32 Å². The van der Waals surface area contributed by atoms with Crippen LogP contribution in [0.1, 0.15) is 28.8 Å². The Labute approximate surface area is 130 Å². The summed E-state index contributed by atoms with van der Waals surface area (Å²) in [5.41, 5.74) is 7.12. The summed E-state index contributed by atoms with van der Waals surface area (Å²) >= 11 is 0. The Morgan fingerprint density at radius 2 is 1.55 bits per heavy atom. The summed E-state index contributed by atoms with van der Waals surface area (Å²) in [6, 6.07) is 18.2. The van der Waals surface area contributed by atoms with Crippen LogP contribution in [-0.2, 0) is 11.2 Å². The van der Waals surface area contributed by atoms with Crippen molar-refractivity contribution in [3.8, 4) is 0 Å². The molecule has 0 saturated carbocycles. The maximum atomic E-state index is 12.1. The number of carbonyl (C=O) groups excluding carboxylic acids is 2. The molecule has 0 aliphatic heterocycles. The Kier molecular flexibility index (Phi) is 5.72. The largest absolute Gasteiger partial charge is 0.368 e. The second-order valence-corrected chi connectivity index (χ2v) is 5.17. The summed E-state index contributed by atoms with van der Waals surface area (Å²) in [5.74, 6) is -0.776. The molecule has 2 aromatic rings. The van der Waals surface area contributed by atoms with Gasteiger partial charge < -0.3 is 11.1 Å². The monoisotopic (exact) mass is 296 g/mol. The van der Waals surface area contributed by atoms with Crippen LogP contribution < -0.4 is 11.1 Å². The summed E-state index contributed by atoms with van der Waals surface area (Å²) in [6.45, 7) is 0. The highest BCUT2D eigenvalue weighted by Gasteiger charge is 2.18. The fourth-order valence-electron chi connectivity index (χ4n) is 2.27. The van der Waals surface area contributed by atoms with E-state index in [0.29, 0.717) is 12.0 Å². The van der Waals surface area contributed by atoms with Crippen LogP contribution in [0.2, 0.25) is 0 Å². The molecule has 3 N–H and O–H groups in total. The lowest BCUT2D eigenvalue weighted by Crippen LogP contribution is -2.44. The topological polar surface area (TPSA) is 72.2 Å². The van der Waals surface area contributed by atoms with Gasteiger partial charge in [0.1, 0.15) is 6.04 Å². The molecule has 22 heavy (non-hydrogen) atoms. The van der Waals surface area contributed by atoms with E-state index < -0.39 is 11.9 Å². The summed E-state index contributed by atoms with van der Waals surface area (Å²) < 4.78 is 0. The minimum Gasteiger partial charge on any atom is -0.368 e. The van der Waals surface area contributed by atoms with E-state index in [1.54, 1.807) is 24.3 Å². The van der Waals surface area contributed by atoms with Crippen molar-refractivity contribution >= 4 is 11.8 Å². The number of aryl methyl sites for hydroxylation is 1. The molecule has 4 nitrogen and oxygen atoms in total. The summed E-state index contributed by atoms with van der Waals surface area (Å²) in [6.07, 6.45) is 2.17. The lowest BCUT2D eigenvalue weighted by atomic mass is 10.0. The molecular weight excluding hydrogens is 276 g/mol. The summed E-state index contributed by atoms with van der Waals surface area (Å²) in [5, 5.41) is 2.71. The summed E-state index contributed by atoms with van der Waals surface area (Å²) in [7, 11) is 0. The quantitative estimate of drug-likeness (QED) is 0.823. The zero-order chi connectivity index (χ0) is 15.8. The fraction of sp³-hybridized carbons (Fsp3) is 0.222. The van der Waals surface area contributed by atoms with Crippen LogP contribution in [0.25, 0.3) is 0 Å². The molecule has 0 saturated heterocycles. The lowest BCUT2D eigenvalue weighted by molar-refractivity contribution is -0.120. The second kappa shape index (κ2) is 7.98. The number of amides is 2. The Morgan fingerprint density at radius 3 is 2.14 bits per heavy atom. The van der Waals surface area contributed by atoms with Gasteiger partial charge in [0.05, 0.1) is 0 Å². The number of rotatable bonds is 7. The van der Waals surface area contributed by atoms with Crippen molar-refractivity contribution in [3.63, 3.8) is 0 Å². The van der Waals surface area contributed by atoms with Gasteiger partial charge in [-0.15, -0.1) is 0 Å². The van der Waals surface area contributed by atoms with Gasteiger partial charge in [-0.1, -0.05) is 48.5 Å². The first kappa shape index (κ1) is 15.8. The minimum atomic E-state index is -0.642. The van der Waals surface area contributed by atoms with Gasteiger partial charge in [0, 0.05) is 5.56 Å². The first-order chi connectivity index (χ1) is 10.7. The Balaban J connectivity index is 1.87. The van der Waals surface area contributed by atoms with Gasteiger partial charge in [0.25, 0.3) is 5.91 Å². The Bertz CT molecular complexity index is 611. The molecular formula is C18H20N2O2. The second-order valence-electron chi connectivity index (χ2n) is 5.17. The van der Waals surface area contributed by atoms with E-state index in [2.05, 4.69) is 5.32 Å². The molecule has 0 aliphatic carbocycles. The highest BCUT2D eigenvalue weighted by molar-refractivity contribution is 5.97. The number of carbonyl (C=O) groups is 2. The van der Waals surface area contributed by atoms with E-state index in [1.807, 2.05) is 36.4 Å². The van der Waals surface area contributed by atoms with Crippen LogP contribution in [0.3, 0.4) is 0 Å². The molecule has 114 valence electrons. The van der Waals surface area contributed by atoms with Crippen LogP contribution in [-0.4, -0.2) is 17.9 Å². The number of nitrogens with one attached hydrogen (secondary N) is 1. The molecule has 0 bridgehead atoms. The molecule has 0 unspecified atom stereocenters. The number of primary amides is 1. The van der Waals surface area contributed by atoms with Gasteiger partial charge in [-0.05, 0) is 37.0 Å². The summed E-state index contributed by atoms with van der Waals surface area (Å²) in [4.78, 5) is 23.6. The highest BCUT2D eigenvalue weighted by atomic mass is 16.2. The van der Waals surface area contributed by atoms with Crippen molar-refractivity contribution in [2.24, 2.45) is 5.73 Å². The number of nitrogens with two attached hydrogens (primary N) is 1. The smallest absolute Gasteiger partial charge is 0.251 e. The molecule has 2 aromatic carbocycles. The third kappa shape index (κ3) is 4.74. The van der Waals surface area contributed by atoms with Crippen LogP contribution in [0.15, 0.2) is 60.7 Å². The number of hydrogen-bond donors (Lipinski definition) is 2. The van der Waals surface area contributed by atoms with Crippen LogP contribution in [0.5, 0.6) is 0 Å². The van der Waals surface area contributed by atoms with Gasteiger partial charge in [-0.25, -0.2) is 0 Å². The fourth-order valence-corrected chi connectivity index (χ4v) is 2.27. The molecule has 0 aliphatic rings. The average molecular weight is 296 g/mol. The Hall–Kier alpha value is -2.62. The van der Waals surface area contributed by atoms with E-state index in [1.165, 1.54) is 5.56 Å². The Morgan fingerprint density at radius 1 is 0.955 bits per heavy atom. The maximum absolute atomic E-state index is 12.1. The number of hydrogen-bond acceptors (Lipinski definition) is 2. The van der Waals surface area contributed by atoms with E-state index >= 15 is 0 Å². The zero-order valence-electron chi connectivity index (χ0n) is 12.4. The molecule has 1 atom stereocenters. The van der Waals surface area contributed by atoms with Gasteiger partial charge in [-0.3, -0.25) is 9.59 Å². The molecule has 0 radical (unpaired) electrons. The van der Waals surface area contributed by atoms with Crippen molar-refractivity contribution in [1.29, 1.82) is 0 Å². The standard InChI is InChI=1S/C18H20N2O2/c19-17(21)16(13-7-10-14-8-3-1-4-9-14)20-18(22)15-11-5-2-6-12-15/h1-6,8-9,11-12,16H,7,10,13H2,(H2,19,21)(H,20,22)/t16-/m0/s1. The highest BCUT2D eigenvalue weighted by Crippen LogP contribution is 2.07. The van der Waals surface area contributed by atoms with Crippen LogP contribution in [0.4, 0.5) is 0 Å². The molecule has 0 heterocycles. The zero-order valence-corrected chi connectivity index (χ0v) is 12.4. The van der Waals surface area contributed by atoms with E-state index in [-0.39, 0.29) is 5.91 Å². The first-order valence-electron chi connectivity index (χ1n) is 7.36. The minimum absolute atomic E-state index is 0.274. The third-order valence-corrected chi connectivity index (χ3v) is 3.49. The molecule has 0 aromatic heterocycles. The van der Waals surface area contributed by atoms with Crippen molar-refractivity contribution < 1.29 is 9.59 Å². The van der Waals surface area contributed by atoms with Crippen molar-refractivity contribution in [3.05, 3.63) is 71.8 Å². The predicted octanol–water partition coefficient (Wildman–Crippen LogP) is 2.29. The maximum Gasteiger partial charge on any atom is 0.251 e. The molecule has 0 fully saturated rings. The van der Waals surface area contributed by atoms with Crippen molar-refractivity contribution in [2.75, 3.05) is 0 Å².